The molecule has 10 rings (SSSR count). The minimum Gasteiger partial charge on any atom is -0.307 e. The largest absolute Gasteiger partial charge is 0.307 e. The van der Waals surface area contributed by atoms with E-state index in [2.05, 4.69) is 193 Å². The van der Waals surface area contributed by atoms with Crippen LogP contribution in [0.2, 0.25) is 0 Å². The van der Waals surface area contributed by atoms with Crippen molar-refractivity contribution in [2.24, 2.45) is 0 Å². The van der Waals surface area contributed by atoms with Gasteiger partial charge < -0.3 is 4.57 Å². The minimum absolute atomic E-state index is 0.679. The SMILES string of the molecule is c1ccc(-c2nc(-c3ccccc3-n3c4c5ccccc5ccc4c4ccc5ccccc5c43)nc(-c3ccccc3)c2-c2ccccc2)cc1. The van der Waals surface area contributed by atoms with Crippen molar-refractivity contribution in [3.8, 4) is 50.7 Å². The van der Waals surface area contributed by atoms with Gasteiger partial charge in [0.15, 0.2) is 5.82 Å². The second-order valence-corrected chi connectivity index (χ2v) is 12.9. The van der Waals surface area contributed by atoms with Gasteiger partial charge in [-0.05, 0) is 28.5 Å². The van der Waals surface area contributed by atoms with Gasteiger partial charge in [0, 0.05) is 43.8 Å². The molecule has 2 heterocycles. The van der Waals surface area contributed by atoms with Crippen molar-refractivity contribution < 1.29 is 0 Å². The third kappa shape index (κ3) is 4.74. The predicted octanol–water partition coefficient (Wildman–Crippen LogP) is 12.5. The Morgan fingerprint density at radius 1 is 0.333 bits per heavy atom. The third-order valence-electron chi connectivity index (χ3n) is 9.99. The molecule has 0 radical (unpaired) electrons. The van der Waals surface area contributed by atoms with Crippen molar-refractivity contribution in [1.82, 2.24) is 14.5 Å². The lowest BCUT2D eigenvalue weighted by atomic mass is 9.94. The molecule has 0 saturated heterocycles. The first-order chi connectivity index (χ1) is 25.3. The lowest BCUT2D eigenvalue weighted by molar-refractivity contribution is 1.14. The van der Waals surface area contributed by atoms with Crippen molar-refractivity contribution in [1.29, 1.82) is 0 Å². The van der Waals surface area contributed by atoms with Gasteiger partial charge in [-0.25, -0.2) is 9.97 Å². The Bertz CT molecular complexity index is 2740. The standard InChI is InChI=1S/C48H31N3/c1-4-18-34(19-5-1)43-44(35-20-6-2-7-21-35)49-48(50-45(43)36-22-8-3-9-23-36)41-26-14-15-27-42(41)51-46-37-24-12-10-16-32(37)28-30-39(46)40-31-29-33-17-11-13-25-38(33)47(40)51/h1-31H. The van der Waals surface area contributed by atoms with Gasteiger partial charge in [0.25, 0.3) is 0 Å². The molecule has 0 aliphatic rings. The smallest absolute Gasteiger partial charge is 0.162 e. The Kier molecular flexibility index (Phi) is 6.81. The monoisotopic (exact) mass is 649 g/mol. The van der Waals surface area contributed by atoms with Crippen LogP contribution < -0.4 is 0 Å². The number of rotatable bonds is 5. The number of hydrogen-bond acceptors (Lipinski definition) is 2. The predicted molar refractivity (Wildman–Crippen MR) is 213 cm³/mol. The molecule has 0 saturated carbocycles. The van der Waals surface area contributed by atoms with Crippen molar-refractivity contribution in [2.75, 3.05) is 0 Å². The molecule has 0 unspecified atom stereocenters. The number of hydrogen-bond donors (Lipinski definition) is 0. The molecule has 0 amide bonds. The Morgan fingerprint density at radius 3 is 1.29 bits per heavy atom. The number of nitrogens with zero attached hydrogens (tertiary/aromatic N) is 3. The molecule has 0 aliphatic carbocycles. The van der Waals surface area contributed by atoms with E-state index >= 15 is 0 Å². The maximum absolute atomic E-state index is 5.51. The first-order valence-electron chi connectivity index (χ1n) is 17.4. The van der Waals surface area contributed by atoms with E-state index in [1.165, 1.54) is 43.4 Å². The third-order valence-corrected chi connectivity index (χ3v) is 9.99. The maximum Gasteiger partial charge on any atom is 0.162 e. The molecule has 51 heavy (non-hydrogen) atoms. The van der Waals surface area contributed by atoms with Gasteiger partial charge in [0.05, 0.1) is 28.1 Å². The van der Waals surface area contributed by atoms with Crippen LogP contribution in [0, 0.1) is 0 Å². The maximum atomic E-state index is 5.51. The van der Waals surface area contributed by atoms with E-state index in [0.717, 1.165) is 44.9 Å². The summed E-state index contributed by atoms with van der Waals surface area (Å²) in [6.07, 6.45) is 0. The molecule has 3 heteroatoms. The van der Waals surface area contributed by atoms with Gasteiger partial charge in [-0.15, -0.1) is 0 Å². The van der Waals surface area contributed by atoms with E-state index in [1.807, 2.05) is 0 Å². The number of fused-ring (bicyclic) bond motifs is 7. The average molecular weight is 650 g/mol. The van der Waals surface area contributed by atoms with Crippen LogP contribution in [-0.2, 0) is 0 Å². The molecule has 238 valence electrons. The Balaban J connectivity index is 1.35. The Morgan fingerprint density at radius 2 is 0.765 bits per heavy atom. The Hall–Kier alpha value is -6.84. The van der Waals surface area contributed by atoms with Gasteiger partial charge in [-0.2, -0.15) is 0 Å². The normalized spacial score (nSPS) is 11.5. The van der Waals surface area contributed by atoms with Crippen molar-refractivity contribution in [2.45, 2.75) is 0 Å². The fourth-order valence-corrected chi connectivity index (χ4v) is 7.71. The summed E-state index contributed by atoms with van der Waals surface area (Å²) in [5.74, 6) is 0.679. The lowest BCUT2D eigenvalue weighted by Crippen LogP contribution is -2.04. The van der Waals surface area contributed by atoms with Gasteiger partial charge in [-0.1, -0.05) is 176 Å². The van der Waals surface area contributed by atoms with Crippen LogP contribution in [0.25, 0.3) is 94.1 Å². The molecule has 3 nitrogen and oxygen atoms in total. The van der Waals surface area contributed by atoms with Gasteiger partial charge in [-0.3, -0.25) is 0 Å². The van der Waals surface area contributed by atoms with E-state index < -0.39 is 0 Å². The van der Waals surface area contributed by atoms with Crippen LogP contribution in [-0.4, -0.2) is 14.5 Å². The molecule has 0 spiro atoms. The van der Waals surface area contributed by atoms with Crippen LogP contribution in [0.5, 0.6) is 0 Å². The highest BCUT2D eigenvalue weighted by Crippen LogP contribution is 2.44. The summed E-state index contributed by atoms with van der Waals surface area (Å²) < 4.78 is 2.46. The quantitative estimate of drug-likeness (QED) is 0.186. The zero-order valence-corrected chi connectivity index (χ0v) is 27.7. The highest BCUT2D eigenvalue weighted by molar-refractivity contribution is 6.24. The fourth-order valence-electron chi connectivity index (χ4n) is 7.71. The first-order valence-corrected chi connectivity index (χ1v) is 17.4. The summed E-state index contributed by atoms with van der Waals surface area (Å²) in [7, 11) is 0. The van der Waals surface area contributed by atoms with E-state index in [9.17, 15) is 0 Å². The summed E-state index contributed by atoms with van der Waals surface area (Å²) >= 11 is 0. The summed E-state index contributed by atoms with van der Waals surface area (Å²) in [6, 6.07) is 66.6. The molecule has 0 atom stereocenters. The fraction of sp³-hybridized carbons (Fsp3) is 0. The van der Waals surface area contributed by atoms with Gasteiger partial charge >= 0.3 is 0 Å². The summed E-state index contributed by atoms with van der Waals surface area (Å²) in [4.78, 5) is 11.0. The molecular weight excluding hydrogens is 619 g/mol. The van der Waals surface area contributed by atoms with E-state index in [1.54, 1.807) is 0 Å². The lowest BCUT2D eigenvalue weighted by Gasteiger charge is -2.19. The molecule has 8 aromatic carbocycles. The first kappa shape index (κ1) is 29.1. The van der Waals surface area contributed by atoms with E-state index in [-0.39, 0.29) is 0 Å². The van der Waals surface area contributed by atoms with Crippen molar-refractivity contribution >= 4 is 43.4 Å². The summed E-state index contributed by atoms with van der Waals surface area (Å²) in [6.45, 7) is 0. The second-order valence-electron chi connectivity index (χ2n) is 12.9. The van der Waals surface area contributed by atoms with Crippen LogP contribution >= 0.6 is 0 Å². The summed E-state index contributed by atoms with van der Waals surface area (Å²) in [5, 5.41) is 7.27. The topological polar surface area (TPSA) is 30.7 Å². The highest BCUT2D eigenvalue weighted by Gasteiger charge is 2.24. The number of para-hydroxylation sites is 1. The van der Waals surface area contributed by atoms with Gasteiger partial charge in [0.1, 0.15) is 0 Å². The van der Waals surface area contributed by atoms with Gasteiger partial charge in [0.2, 0.25) is 0 Å². The van der Waals surface area contributed by atoms with Crippen LogP contribution in [0.3, 0.4) is 0 Å². The van der Waals surface area contributed by atoms with Crippen LogP contribution in [0.15, 0.2) is 188 Å². The number of aromatic nitrogens is 3. The molecule has 0 fully saturated rings. The zero-order chi connectivity index (χ0) is 33.7. The summed E-state index contributed by atoms with van der Waals surface area (Å²) in [5.41, 5.74) is 10.4. The molecule has 0 N–H and O–H groups in total. The van der Waals surface area contributed by atoms with E-state index in [4.69, 9.17) is 9.97 Å². The highest BCUT2D eigenvalue weighted by atomic mass is 15.0. The van der Waals surface area contributed by atoms with Crippen LogP contribution in [0.1, 0.15) is 0 Å². The number of benzene rings is 8. The average Bonchev–Trinajstić information content (AvgIpc) is 3.57. The zero-order valence-electron chi connectivity index (χ0n) is 27.7. The molecule has 10 aromatic rings. The van der Waals surface area contributed by atoms with Crippen LogP contribution in [0.4, 0.5) is 0 Å². The molecule has 0 aliphatic heterocycles. The molecule has 2 aromatic heterocycles. The molecule has 0 bridgehead atoms. The minimum atomic E-state index is 0.679. The van der Waals surface area contributed by atoms with Crippen molar-refractivity contribution in [3.05, 3.63) is 188 Å². The second kappa shape index (κ2) is 11.9. The van der Waals surface area contributed by atoms with E-state index in [0.29, 0.717) is 5.82 Å². The molecular formula is C48H31N3. The van der Waals surface area contributed by atoms with Crippen molar-refractivity contribution in [3.63, 3.8) is 0 Å². The Labute approximate surface area is 295 Å².